The van der Waals surface area contributed by atoms with Crippen LogP contribution in [0.5, 0.6) is 0 Å². The molecule has 3 rings (SSSR count). The van der Waals surface area contributed by atoms with Crippen LogP contribution in [-0.2, 0) is 6.18 Å². The molecule has 3 aromatic heterocycles. The van der Waals surface area contributed by atoms with Crippen LogP contribution in [0.25, 0.3) is 22.8 Å². The molecule has 0 aromatic carbocycles. The van der Waals surface area contributed by atoms with Gasteiger partial charge in [0.05, 0.1) is 15.1 Å². The van der Waals surface area contributed by atoms with Gasteiger partial charge in [-0.3, -0.25) is 4.98 Å². The summed E-state index contributed by atoms with van der Waals surface area (Å²) in [6.07, 6.45) is -3.22. The Bertz CT molecular complexity index is 1000. The van der Waals surface area contributed by atoms with E-state index in [2.05, 4.69) is 19.9 Å². The highest BCUT2D eigenvalue weighted by molar-refractivity contribution is 6.44. The Kier molecular flexibility index (Phi) is 5.09. The summed E-state index contributed by atoms with van der Waals surface area (Å²) < 4.78 is 39.0. The van der Waals surface area contributed by atoms with Crippen LogP contribution in [0.15, 0.2) is 18.3 Å². The molecule has 0 bridgehead atoms. The van der Waals surface area contributed by atoms with E-state index in [9.17, 15) is 13.2 Å². The van der Waals surface area contributed by atoms with E-state index >= 15 is 0 Å². The Labute approximate surface area is 165 Å². The lowest BCUT2D eigenvalue weighted by Crippen LogP contribution is -2.07. The molecule has 0 aliphatic heterocycles. The van der Waals surface area contributed by atoms with Crippen molar-refractivity contribution in [1.82, 2.24) is 19.9 Å². The van der Waals surface area contributed by atoms with Crippen LogP contribution < -0.4 is 0 Å². The minimum absolute atomic E-state index is 0.0199. The van der Waals surface area contributed by atoms with Crippen LogP contribution >= 0.6 is 46.4 Å². The standard InChI is InChI=1S/C15H7Cl4F3N4/c1-5-13(15(20,21)22)26-14(24-5)6-4-8(17)25-12(9(6)18)11-10(19)7(16)2-3-23-11/h2-4H,1H3,(H,24,26). The molecule has 26 heavy (non-hydrogen) atoms. The van der Waals surface area contributed by atoms with Gasteiger partial charge in [0.1, 0.15) is 22.4 Å². The van der Waals surface area contributed by atoms with E-state index < -0.39 is 11.9 Å². The van der Waals surface area contributed by atoms with Gasteiger partial charge in [-0.25, -0.2) is 9.97 Å². The summed E-state index contributed by atoms with van der Waals surface area (Å²) in [5, 5.41) is 0.251. The maximum absolute atomic E-state index is 13.0. The predicted octanol–water partition coefficient (Wildman–Crippen LogP) is 6.47. The molecule has 136 valence electrons. The molecule has 0 aliphatic carbocycles. The first-order valence-corrected chi connectivity index (χ1v) is 8.41. The van der Waals surface area contributed by atoms with Crippen LogP contribution in [0.4, 0.5) is 13.2 Å². The SMILES string of the molecule is Cc1[nH]c(-c2cc(Cl)nc(-c3nccc(Cl)c3Cl)c2Cl)nc1C(F)(F)F. The number of hydrogen-bond donors (Lipinski definition) is 1. The fourth-order valence-electron chi connectivity index (χ4n) is 2.28. The second kappa shape index (κ2) is 6.88. The number of hydrogen-bond acceptors (Lipinski definition) is 3. The summed E-state index contributed by atoms with van der Waals surface area (Å²) in [5.74, 6) is -0.108. The molecule has 3 heterocycles. The first-order valence-electron chi connectivity index (χ1n) is 6.90. The van der Waals surface area contributed by atoms with Gasteiger partial charge in [0.25, 0.3) is 0 Å². The van der Waals surface area contributed by atoms with Crippen molar-refractivity contribution in [2.24, 2.45) is 0 Å². The largest absolute Gasteiger partial charge is 0.435 e. The van der Waals surface area contributed by atoms with Gasteiger partial charge in [-0.15, -0.1) is 0 Å². The highest BCUT2D eigenvalue weighted by Gasteiger charge is 2.36. The third-order valence-electron chi connectivity index (χ3n) is 3.40. The Hall–Kier alpha value is -1.54. The monoisotopic (exact) mass is 440 g/mol. The lowest BCUT2D eigenvalue weighted by molar-refractivity contribution is -0.141. The van der Waals surface area contributed by atoms with Gasteiger partial charge in [-0.05, 0) is 19.1 Å². The minimum Gasteiger partial charge on any atom is -0.342 e. The van der Waals surface area contributed by atoms with Crippen molar-refractivity contribution in [2.45, 2.75) is 13.1 Å². The van der Waals surface area contributed by atoms with Crippen LogP contribution in [-0.4, -0.2) is 19.9 Å². The quantitative estimate of drug-likeness (QED) is 0.463. The highest BCUT2D eigenvalue weighted by atomic mass is 35.5. The number of H-pyrrole nitrogens is 1. The van der Waals surface area contributed by atoms with Gasteiger partial charge in [0.2, 0.25) is 0 Å². The molecule has 4 nitrogen and oxygen atoms in total. The molecule has 0 unspecified atom stereocenters. The number of pyridine rings is 2. The van der Waals surface area contributed by atoms with Crippen LogP contribution in [0.1, 0.15) is 11.4 Å². The van der Waals surface area contributed by atoms with Crippen molar-refractivity contribution in [2.75, 3.05) is 0 Å². The Balaban J connectivity index is 2.23. The Morgan fingerprint density at radius 3 is 2.31 bits per heavy atom. The van der Waals surface area contributed by atoms with Gasteiger partial charge in [-0.1, -0.05) is 46.4 Å². The lowest BCUT2D eigenvalue weighted by Gasteiger charge is -2.10. The van der Waals surface area contributed by atoms with Crippen LogP contribution in [0.2, 0.25) is 20.2 Å². The molecule has 0 amide bonds. The molecule has 0 saturated heterocycles. The highest BCUT2D eigenvalue weighted by Crippen LogP contribution is 2.40. The van der Waals surface area contributed by atoms with E-state index in [0.717, 1.165) is 0 Å². The Morgan fingerprint density at radius 1 is 1.00 bits per heavy atom. The van der Waals surface area contributed by atoms with Gasteiger partial charge >= 0.3 is 6.18 Å². The van der Waals surface area contributed by atoms with Crippen molar-refractivity contribution in [3.8, 4) is 22.8 Å². The molecule has 0 radical (unpaired) electrons. The van der Waals surface area contributed by atoms with Gasteiger partial charge in [0, 0.05) is 17.5 Å². The van der Waals surface area contributed by atoms with Gasteiger partial charge in [-0.2, -0.15) is 13.2 Å². The topological polar surface area (TPSA) is 54.5 Å². The van der Waals surface area contributed by atoms with E-state index in [1.807, 2.05) is 0 Å². The average Bonchev–Trinajstić information content (AvgIpc) is 2.94. The fourth-order valence-corrected chi connectivity index (χ4v) is 3.09. The van der Waals surface area contributed by atoms with Crippen LogP contribution in [0.3, 0.4) is 0 Å². The molecule has 0 saturated carbocycles. The minimum atomic E-state index is -4.61. The number of nitrogens with one attached hydrogen (secondary N) is 1. The first-order chi connectivity index (χ1) is 12.1. The fraction of sp³-hybridized carbons (Fsp3) is 0.133. The number of alkyl halides is 3. The number of nitrogens with zero attached hydrogens (tertiary/aromatic N) is 3. The average molecular weight is 442 g/mol. The first kappa shape index (κ1) is 19.2. The molecule has 0 aliphatic rings. The molecular weight excluding hydrogens is 435 g/mol. The second-order valence-corrected chi connectivity index (χ2v) is 6.72. The zero-order valence-corrected chi connectivity index (χ0v) is 15.7. The number of halogens is 7. The zero-order valence-electron chi connectivity index (χ0n) is 12.7. The third-order valence-corrected chi connectivity index (χ3v) is 4.77. The van der Waals surface area contributed by atoms with E-state index in [1.165, 1.54) is 25.3 Å². The summed E-state index contributed by atoms with van der Waals surface area (Å²) in [7, 11) is 0. The maximum Gasteiger partial charge on any atom is 0.435 e. The molecule has 0 fully saturated rings. The van der Waals surface area contributed by atoms with E-state index in [4.69, 9.17) is 46.4 Å². The van der Waals surface area contributed by atoms with Crippen molar-refractivity contribution >= 4 is 46.4 Å². The summed E-state index contributed by atoms with van der Waals surface area (Å²) >= 11 is 24.5. The van der Waals surface area contributed by atoms with Gasteiger partial charge in [0.15, 0.2) is 5.69 Å². The van der Waals surface area contributed by atoms with Crippen molar-refractivity contribution in [3.05, 3.63) is 49.9 Å². The summed E-state index contributed by atoms with van der Waals surface area (Å²) in [4.78, 5) is 14.3. The number of aromatic nitrogens is 4. The molecular formula is C15H7Cl4F3N4. The second-order valence-electron chi connectivity index (χ2n) is 5.17. The van der Waals surface area contributed by atoms with E-state index in [-0.39, 0.29) is 48.7 Å². The number of imidazole rings is 1. The zero-order chi connectivity index (χ0) is 19.2. The summed E-state index contributed by atoms with van der Waals surface area (Å²) in [6, 6.07) is 2.77. The van der Waals surface area contributed by atoms with Crippen molar-refractivity contribution in [1.29, 1.82) is 0 Å². The summed E-state index contributed by atoms with van der Waals surface area (Å²) in [6.45, 7) is 1.26. The van der Waals surface area contributed by atoms with Crippen LogP contribution in [0, 0.1) is 6.92 Å². The molecule has 1 N–H and O–H groups in total. The van der Waals surface area contributed by atoms with Crippen molar-refractivity contribution < 1.29 is 13.2 Å². The molecule has 3 aromatic rings. The summed E-state index contributed by atoms with van der Waals surface area (Å²) in [5.41, 5.74) is -0.858. The smallest absolute Gasteiger partial charge is 0.342 e. The molecule has 0 atom stereocenters. The lowest BCUT2D eigenvalue weighted by atomic mass is 10.1. The molecule has 0 spiro atoms. The van der Waals surface area contributed by atoms with Gasteiger partial charge < -0.3 is 4.98 Å². The Morgan fingerprint density at radius 2 is 1.69 bits per heavy atom. The maximum atomic E-state index is 13.0. The number of rotatable bonds is 2. The number of aromatic amines is 1. The normalized spacial score (nSPS) is 11.8. The molecule has 11 heteroatoms. The number of aryl methyl sites for hydroxylation is 1. The van der Waals surface area contributed by atoms with E-state index in [0.29, 0.717) is 0 Å². The third kappa shape index (κ3) is 3.49. The van der Waals surface area contributed by atoms with E-state index in [1.54, 1.807) is 0 Å². The van der Waals surface area contributed by atoms with Crippen molar-refractivity contribution in [3.63, 3.8) is 0 Å². The predicted molar refractivity (Wildman–Crippen MR) is 94.8 cm³/mol.